The molecule has 2 aromatic heterocycles. The van der Waals surface area contributed by atoms with E-state index >= 15 is 0 Å². The number of furan rings is 1. The van der Waals surface area contributed by atoms with Crippen molar-refractivity contribution in [1.82, 2.24) is 10.3 Å². The summed E-state index contributed by atoms with van der Waals surface area (Å²) < 4.78 is 26.0. The summed E-state index contributed by atoms with van der Waals surface area (Å²) in [5, 5.41) is 6.67. The summed E-state index contributed by atoms with van der Waals surface area (Å²) in [5.41, 5.74) is 2.76. The van der Waals surface area contributed by atoms with E-state index in [0.717, 1.165) is 16.9 Å². The first kappa shape index (κ1) is 24.9. The molecule has 1 aliphatic heterocycles. The Kier molecular flexibility index (Phi) is 6.94. The van der Waals surface area contributed by atoms with Gasteiger partial charge >= 0.3 is 0 Å². The summed E-state index contributed by atoms with van der Waals surface area (Å²) in [6.07, 6.45) is 1.73. The molecule has 2 N–H and O–H groups in total. The number of nitrogens with zero attached hydrogens (tertiary/aromatic N) is 2. The van der Waals surface area contributed by atoms with Gasteiger partial charge in [-0.25, -0.2) is 4.39 Å². The van der Waals surface area contributed by atoms with Crippen LogP contribution in [0, 0.1) is 5.82 Å². The number of thiocarbonyl (C=S) groups is 1. The van der Waals surface area contributed by atoms with E-state index in [1.165, 1.54) is 19.1 Å². The molecule has 0 saturated carbocycles. The van der Waals surface area contributed by atoms with Gasteiger partial charge < -0.3 is 24.7 Å². The fourth-order valence-corrected chi connectivity index (χ4v) is 5.29. The van der Waals surface area contributed by atoms with Gasteiger partial charge in [0.15, 0.2) is 5.11 Å². The molecule has 1 aliphatic rings. The van der Waals surface area contributed by atoms with Gasteiger partial charge in [0.05, 0.1) is 24.5 Å². The van der Waals surface area contributed by atoms with E-state index in [0.29, 0.717) is 32.5 Å². The number of halogens is 2. The van der Waals surface area contributed by atoms with E-state index in [2.05, 4.69) is 31.5 Å². The lowest BCUT2D eigenvalue weighted by Crippen LogP contribution is -2.29. The lowest BCUT2D eigenvalue weighted by atomic mass is 10.0. The number of methoxy groups -OCH3 is 1. The van der Waals surface area contributed by atoms with Crippen molar-refractivity contribution in [2.45, 2.75) is 19.0 Å². The number of benzene rings is 2. The van der Waals surface area contributed by atoms with Crippen LogP contribution in [0.3, 0.4) is 0 Å². The molecule has 0 aliphatic carbocycles. The van der Waals surface area contributed by atoms with Crippen LogP contribution < -0.4 is 20.3 Å². The Morgan fingerprint density at radius 3 is 2.73 bits per heavy atom. The van der Waals surface area contributed by atoms with Gasteiger partial charge in [-0.3, -0.25) is 9.78 Å². The first-order chi connectivity index (χ1) is 17.9. The number of hydrogen-bond acceptors (Lipinski definition) is 5. The minimum absolute atomic E-state index is 0.221. The van der Waals surface area contributed by atoms with Crippen LogP contribution in [0.25, 0.3) is 11.3 Å². The topological polar surface area (TPSA) is 79.6 Å². The fourth-order valence-electron chi connectivity index (χ4n) is 4.40. The zero-order chi connectivity index (χ0) is 26.1. The Balaban J connectivity index is 1.61. The molecule has 1 saturated heterocycles. The summed E-state index contributed by atoms with van der Waals surface area (Å²) in [5.74, 6) is 1.17. The second-order valence-electron chi connectivity index (χ2n) is 8.39. The van der Waals surface area contributed by atoms with Crippen LogP contribution >= 0.6 is 28.1 Å². The number of anilines is 2. The molecule has 3 heterocycles. The van der Waals surface area contributed by atoms with Crippen LogP contribution in [0.5, 0.6) is 5.75 Å². The molecular weight excluding hydrogens is 559 g/mol. The third kappa shape index (κ3) is 4.94. The third-order valence-electron chi connectivity index (χ3n) is 5.98. The fraction of sp³-hybridized carbons (Fsp3) is 0.148. The van der Waals surface area contributed by atoms with Crippen molar-refractivity contribution in [2.24, 2.45) is 0 Å². The molecule has 2 atom stereocenters. The summed E-state index contributed by atoms with van der Waals surface area (Å²) in [4.78, 5) is 18.3. The molecule has 1 fully saturated rings. The van der Waals surface area contributed by atoms with Crippen LogP contribution in [-0.4, -0.2) is 23.1 Å². The maximum absolute atomic E-state index is 13.7. The van der Waals surface area contributed by atoms with Crippen LogP contribution in [-0.2, 0) is 4.79 Å². The predicted molar refractivity (Wildman–Crippen MR) is 147 cm³/mol. The molecule has 10 heteroatoms. The second kappa shape index (κ2) is 10.3. The van der Waals surface area contributed by atoms with Gasteiger partial charge in [0.1, 0.15) is 29.1 Å². The Labute approximate surface area is 226 Å². The Bertz CT molecular complexity index is 1480. The first-order valence-electron chi connectivity index (χ1n) is 11.4. The smallest absolute Gasteiger partial charge is 0.221 e. The summed E-state index contributed by atoms with van der Waals surface area (Å²) in [6, 6.07) is 18.6. The van der Waals surface area contributed by atoms with Gasteiger partial charge in [0.2, 0.25) is 5.91 Å². The largest absolute Gasteiger partial charge is 0.495 e. The Morgan fingerprint density at radius 2 is 2.03 bits per heavy atom. The Morgan fingerprint density at radius 1 is 1.19 bits per heavy atom. The maximum atomic E-state index is 13.7. The maximum Gasteiger partial charge on any atom is 0.221 e. The normalized spacial score (nSPS) is 17.0. The molecule has 0 spiro atoms. The minimum atomic E-state index is -0.408. The SMILES string of the molecule is COc1ccc(N2C(=S)NC(c3ccccn3)C2c2ccc(-c3ccc(F)cc3Br)o2)cc1NC(C)=O. The van der Waals surface area contributed by atoms with Crippen molar-refractivity contribution < 1.29 is 18.3 Å². The summed E-state index contributed by atoms with van der Waals surface area (Å²) in [6.45, 7) is 1.44. The molecule has 0 bridgehead atoms. The molecule has 2 aromatic carbocycles. The van der Waals surface area contributed by atoms with Crippen molar-refractivity contribution in [1.29, 1.82) is 0 Å². The van der Waals surface area contributed by atoms with Gasteiger partial charge in [-0.05, 0) is 88.8 Å². The number of aromatic nitrogens is 1. The number of rotatable bonds is 6. The quantitative estimate of drug-likeness (QED) is 0.256. The van der Waals surface area contributed by atoms with Gasteiger partial charge in [-0.2, -0.15) is 0 Å². The van der Waals surface area contributed by atoms with Gasteiger partial charge in [0, 0.05) is 28.8 Å². The number of amides is 1. The molecule has 188 valence electrons. The standard InChI is InChI=1S/C27H22BrFN4O3S/c1-15(34)31-21-14-17(7-9-23(21)35-2)33-26(25(32-27(33)37)20-5-3-4-12-30-20)24-11-10-22(36-24)18-8-6-16(29)13-19(18)28/h3-14,25-26H,1-2H3,(H,31,34)(H,32,37). The van der Waals surface area contributed by atoms with E-state index in [1.807, 2.05) is 47.4 Å². The lowest BCUT2D eigenvalue weighted by Gasteiger charge is -2.27. The third-order valence-corrected chi connectivity index (χ3v) is 6.96. The number of carbonyl (C=O) groups is 1. The monoisotopic (exact) mass is 580 g/mol. The van der Waals surface area contributed by atoms with Crippen molar-refractivity contribution >= 4 is 50.5 Å². The van der Waals surface area contributed by atoms with Crippen molar-refractivity contribution in [3.05, 3.63) is 94.7 Å². The zero-order valence-corrected chi connectivity index (χ0v) is 22.3. The zero-order valence-electron chi connectivity index (χ0n) is 19.9. The highest BCUT2D eigenvalue weighted by Crippen LogP contribution is 2.44. The van der Waals surface area contributed by atoms with E-state index in [4.69, 9.17) is 21.4 Å². The molecule has 37 heavy (non-hydrogen) atoms. The van der Waals surface area contributed by atoms with Gasteiger partial charge in [0.25, 0.3) is 0 Å². The van der Waals surface area contributed by atoms with Crippen molar-refractivity contribution in [2.75, 3.05) is 17.3 Å². The molecule has 0 radical (unpaired) electrons. The van der Waals surface area contributed by atoms with Gasteiger partial charge in [-0.15, -0.1) is 0 Å². The average Bonchev–Trinajstić information content (AvgIpc) is 3.48. The lowest BCUT2D eigenvalue weighted by molar-refractivity contribution is -0.114. The van der Waals surface area contributed by atoms with E-state index in [1.54, 1.807) is 25.4 Å². The van der Waals surface area contributed by atoms with E-state index < -0.39 is 6.04 Å². The van der Waals surface area contributed by atoms with Crippen molar-refractivity contribution in [3.8, 4) is 17.1 Å². The number of ether oxygens (including phenoxy) is 1. The predicted octanol–water partition coefficient (Wildman–Crippen LogP) is 6.39. The molecule has 2 unspecified atom stereocenters. The first-order valence-corrected chi connectivity index (χ1v) is 12.6. The van der Waals surface area contributed by atoms with E-state index in [9.17, 15) is 9.18 Å². The van der Waals surface area contributed by atoms with Crippen molar-refractivity contribution in [3.63, 3.8) is 0 Å². The highest BCUT2D eigenvalue weighted by molar-refractivity contribution is 9.10. The van der Waals surface area contributed by atoms with Crippen LogP contribution in [0.2, 0.25) is 0 Å². The summed E-state index contributed by atoms with van der Waals surface area (Å²) in [7, 11) is 1.54. The van der Waals surface area contributed by atoms with Crippen LogP contribution in [0.15, 0.2) is 81.8 Å². The second-order valence-corrected chi connectivity index (χ2v) is 9.63. The summed E-state index contributed by atoms with van der Waals surface area (Å²) >= 11 is 9.21. The molecule has 7 nitrogen and oxygen atoms in total. The molecule has 5 rings (SSSR count). The Hall–Kier alpha value is -3.76. The number of nitrogens with one attached hydrogen (secondary N) is 2. The molecule has 4 aromatic rings. The highest BCUT2D eigenvalue weighted by Gasteiger charge is 2.42. The number of pyridine rings is 1. The highest BCUT2D eigenvalue weighted by atomic mass is 79.9. The number of carbonyl (C=O) groups excluding carboxylic acids is 1. The average molecular weight is 581 g/mol. The van der Waals surface area contributed by atoms with E-state index in [-0.39, 0.29) is 17.8 Å². The number of hydrogen-bond donors (Lipinski definition) is 2. The van der Waals surface area contributed by atoms with Gasteiger partial charge in [-0.1, -0.05) is 6.07 Å². The molecular formula is C27H22BrFN4O3S. The molecule has 1 amide bonds. The van der Waals surface area contributed by atoms with Crippen LogP contribution in [0.1, 0.15) is 30.5 Å². The van der Waals surface area contributed by atoms with Crippen LogP contribution in [0.4, 0.5) is 15.8 Å². The minimum Gasteiger partial charge on any atom is -0.495 e.